The van der Waals surface area contributed by atoms with Crippen molar-refractivity contribution < 1.29 is 9.84 Å². The minimum absolute atomic E-state index is 0.0115. The van der Waals surface area contributed by atoms with E-state index in [0.717, 1.165) is 13.1 Å². The first kappa shape index (κ1) is 8.97. The molecule has 0 spiro atoms. The van der Waals surface area contributed by atoms with Crippen molar-refractivity contribution in [2.75, 3.05) is 20.2 Å². The van der Waals surface area contributed by atoms with Crippen LogP contribution in [0.25, 0.3) is 0 Å². The summed E-state index contributed by atoms with van der Waals surface area (Å²) in [6, 6.07) is 0.504. The normalized spacial score (nSPS) is 33.5. The Labute approximate surface area is 68.0 Å². The number of aliphatic hydroxyl groups excluding tert-OH is 1. The molecule has 66 valence electrons. The third-order valence-corrected chi connectivity index (χ3v) is 2.30. The van der Waals surface area contributed by atoms with Crippen LogP contribution in [0.1, 0.15) is 13.8 Å². The van der Waals surface area contributed by atoms with Crippen LogP contribution in [0.4, 0.5) is 0 Å². The van der Waals surface area contributed by atoms with Gasteiger partial charge in [-0.1, -0.05) is 0 Å². The van der Waals surface area contributed by atoms with Crippen molar-refractivity contribution in [2.24, 2.45) is 0 Å². The summed E-state index contributed by atoms with van der Waals surface area (Å²) < 4.78 is 5.11. The Morgan fingerprint density at radius 2 is 2.09 bits per heavy atom. The number of hydrogen-bond donors (Lipinski definition) is 1. The molecule has 0 saturated carbocycles. The Morgan fingerprint density at radius 1 is 1.45 bits per heavy atom. The van der Waals surface area contributed by atoms with Gasteiger partial charge in [-0.3, -0.25) is 4.90 Å². The van der Waals surface area contributed by atoms with Crippen LogP contribution in [0.3, 0.4) is 0 Å². The number of β-amino-alcohol motifs (C(OH)–C–C–N with tert-alkyl or cyclic N) is 1. The van der Waals surface area contributed by atoms with Crippen molar-refractivity contribution in [3.8, 4) is 0 Å². The summed E-state index contributed by atoms with van der Waals surface area (Å²) in [6.45, 7) is 5.86. The van der Waals surface area contributed by atoms with E-state index in [1.807, 2.05) is 0 Å². The number of rotatable bonds is 2. The van der Waals surface area contributed by atoms with E-state index in [9.17, 15) is 5.11 Å². The Hall–Kier alpha value is -0.120. The summed E-state index contributed by atoms with van der Waals surface area (Å²) in [5, 5.41) is 9.44. The van der Waals surface area contributed by atoms with Gasteiger partial charge in [0.15, 0.2) is 0 Å². The standard InChI is InChI=1S/C8H17NO2/c1-6(2)9-4-7(10)8(5-9)11-3/h6-8,10H,4-5H2,1-3H3. The van der Waals surface area contributed by atoms with Crippen molar-refractivity contribution >= 4 is 0 Å². The molecule has 0 aromatic carbocycles. The van der Waals surface area contributed by atoms with Gasteiger partial charge in [0, 0.05) is 26.2 Å². The molecule has 1 heterocycles. The molecule has 2 unspecified atom stereocenters. The van der Waals surface area contributed by atoms with Crippen LogP contribution in [-0.4, -0.2) is 48.5 Å². The number of nitrogens with zero attached hydrogens (tertiary/aromatic N) is 1. The van der Waals surface area contributed by atoms with Crippen molar-refractivity contribution in [3.63, 3.8) is 0 Å². The smallest absolute Gasteiger partial charge is 0.0969 e. The highest BCUT2D eigenvalue weighted by Crippen LogP contribution is 2.14. The van der Waals surface area contributed by atoms with E-state index in [1.54, 1.807) is 7.11 Å². The van der Waals surface area contributed by atoms with Crippen LogP contribution in [0.2, 0.25) is 0 Å². The molecule has 1 aliphatic heterocycles. The number of hydrogen-bond acceptors (Lipinski definition) is 3. The molecule has 11 heavy (non-hydrogen) atoms. The molecular weight excluding hydrogens is 142 g/mol. The third-order valence-electron chi connectivity index (χ3n) is 2.30. The van der Waals surface area contributed by atoms with Gasteiger partial charge in [-0.15, -0.1) is 0 Å². The van der Waals surface area contributed by atoms with Crippen LogP contribution in [-0.2, 0) is 4.74 Å². The van der Waals surface area contributed by atoms with Gasteiger partial charge < -0.3 is 9.84 Å². The maximum Gasteiger partial charge on any atom is 0.0969 e. The molecule has 2 atom stereocenters. The summed E-state index contributed by atoms with van der Waals surface area (Å²) in [5.74, 6) is 0. The van der Waals surface area contributed by atoms with Crippen molar-refractivity contribution in [1.29, 1.82) is 0 Å². The first-order chi connectivity index (χ1) is 5.15. The fourth-order valence-corrected chi connectivity index (χ4v) is 1.44. The SMILES string of the molecule is COC1CN(C(C)C)CC1O. The van der Waals surface area contributed by atoms with Gasteiger partial charge in [-0.25, -0.2) is 0 Å². The molecule has 0 bridgehead atoms. The molecule has 3 heteroatoms. The van der Waals surface area contributed by atoms with Crippen LogP contribution < -0.4 is 0 Å². The average Bonchev–Trinajstić information content (AvgIpc) is 2.31. The Bertz CT molecular complexity index is 127. The Balaban J connectivity index is 2.43. The van der Waals surface area contributed by atoms with Crippen LogP contribution >= 0.6 is 0 Å². The Morgan fingerprint density at radius 3 is 2.36 bits per heavy atom. The minimum Gasteiger partial charge on any atom is -0.389 e. The van der Waals surface area contributed by atoms with Crippen LogP contribution in [0.5, 0.6) is 0 Å². The maximum absolute atomic E-state index is 9.44. The summed E-state index contributed by atoms with van der Waals surface area (Å²) in [7, 11) is 1.65. The molecule has 0 aliphatic carbocycles. The molecule has 1 fully saturated rings. The zero-order valence-electron chi connectivity index (χ0n) is 7.45. The lowest BCUT2D eigenvalue weighted by molar-refractivity contribution is 0.0214. The second-order valence-corrected chi connectivity index (χ2v) is 3.39. The molecule has 3 nitrogen and oxygen atoms in total. The second kappa shape index (κ2) is 3.52. The molecule has 0 radical (unpaired) electrons. The van der Waals surface area contributed by atoms with E-state index >= 15 is 0 Å². The lowest BCUT2D eigenvalue weighted by atomic mass is 10.3. The predicted octanol–water partition coefficient (Wildman–Crippen LogP) is 0.0863. The summed E-state index contributed by atoms with van der Waals surface area (Å²) >= 11 is 0. The van der Waals surface area contributed by atoms with Crippen molar-refractivity contribution in [3.05, 3.63) is 0 Å². The third kappa shape index (κ3) is 1.92. The zero-order valence-corrected chi connectivity index (χ0v) is 7.45. The average molecular weight is 159 g/mol. The molecule has 1 rings (SSSR count). The molecule has 0 aromatic rings. The summed E-state index contributed by atoms with van der Waals surface area (Å²) in [4.78, 5) is 2.22. The van der Waals surface area contributed by atoms with E-state index in [2.05, 4.69) is 18.7 Å². The van der Waals surface area contributed by atoms with E-state index in [-0.39, 0.29) is 12.2 Å². The van der Waals surface area contributed by atoms with Crippen LogP contribution in [0, 0.1) is 0 Å². The van der Waals surface area contributed by atoms with Gasteiger partial charge >= 0.3 is 0 Å². The van der Waals surface area contributed by atoms with Gasteiger partial charge in [0.1, 0.15) is 0 Å². The first-order valence-corrected chi connectivity index (χ1v) is 4.10. The van der Waals surface area contributed by atoms with E-state index in [4.69, 9.17) is 4.74 Å². The number of ether oxygens (including phenoxy) is 1. The number of likely N-dealkylation sites (tertiary alicyclic amines) is 1. The minimum atomic E-state index is -0.303. The van der Waals surface area contributed by atoms with Gasteiger partial charge in [-0.2, -0.15) is 0 Å². The molecule has 1 N–H and O–H groups in total. The lowest BCUT2D eigenvalue weighted by Crippen LogP contribution is -2.29. The highest BCUT2D eigenvalue weighted by Gasteiger charge is 2.32. The fourth-order valence-electron chi connectivity index (χ4n) is 1.44. The molecule has 1 saturated heterocycles. The Kier molecular flexibility index (Phi) is 2.87. The largest absolute Gasteiger partial charge is 0.389 e. The molecular formula is C8H17NO2. The predicted molar refractivity (Wildman–Crippen MR) is 43.5 cm³/mol. The first-order valence-electron chi connectivity index (χ1n) is 4.10. The van der Waals surface area contributed by atoms with Gasteiger partial charge in [0.05, 0.1) is 12.2 Å². The lowest BCUT2D eigenvalue weighted by Gasteiger charge is -2.19. The van der Waals surface area contributed by atoms with Crippen molar-refractivity contribution in [2.45, 2.75) is 32.1 Å². The van der Waals surface area contributed by atoms with Crippen LogP contribution in [0.15, 0.2) is 0 Å². The highest BCUT2D eigenvalue weighted by atomic mass is 16.5. The van der Waals surface area contributed by atoms with Gasteiger partial charge in [0.2, 0.25) is 0 Å². The topological polar surface area (TPSA) is 32.7 Å². The fraction of sp³-hybridized carbons (Fsp3) is 1.00. The molecule has 0 aromatic heterocycles. The molecule has 1 aliphatic rings. The quantitative estimate of drug-likeness (QED) is 0.619. The number of aliphatic hydroxyl groups is 1. The number of methoxy groups -OCH3 is 1. The molecule has 0 amide bonds. The van der Waals surface area contributed by atoms with E-state index in [1.165, 1.54) is 0 Å². The second-order valence-electron chi connectivity index (χ2n) is 3.39. The zero-order chi connectivity index (χ0) is 8.43. The maximum atomic E-state index is 9.44. The van der Waals surface area contributed by atoms with E-state index in [0.29, 0.717) is 6.04 Å². The highest BCUT2D eigenvalue weighted by molar-refractivity contribution is 4.85. The van der Waals surface area contributed by atoms with E-state index < -0.39 is 0 Å². The summed E-state index contributed by atoms with van der Waals surface area (Å²) in [6.07, 6.45) is -0.292. The van der Waals surface area contributed by atoms with Gasteiger partial charge in [-0.05, 0) is 13.8 Å². The summed E-state index contributed by atoms with van der Waals surface area (Å²) in [5.41, 5.74) is 0. The van der Waals surface area contributed by atoms with Crippen molar-refractivity contribution in [1.82, 2.24) is 4.90 Å². The monoisotopic (exact) mass is 159 g/mol. The van der Waals surface area contributed by atoms with Gasteiger partial charge in [0.25, 0.3) is 0 Å².